The fraction of sp³-hybridized carbons (Fsp3) is 0.643. The maximum Gasteiger partial charge on any atom is 0.271 e. The van der Waals surface area contributed by atoms with Crippen LogP contribution in [0, 0.1) is 0 Å². The number of nitrogens with zero attached hydrogens (tertiary/aromatic N) is 3. The molecule has 1 aromatic rings. The van der Waals surface area contributed by atoms with E-state index in [1.165, 1.54) is 12.4 Å². The quantitative estimate of drug-likeness (QED) is 0.859. The highest BCUT2D eigenvalue weighted by atomic mass is 16.5. The zero-order valence-corrected chi connectivity index (χ0v) is 12.1. The summed E-state index contributed by atoms with van der Waals surface area (Å²) in [7, 11) is 0. The van der Waals surface area contributed by atoms with Crippen molar-refractivity contribution < 1.29 is 9.53 Å². The predicted octanol–water partition coefficient (Wildman–Crippen LogP) is 0.707. The molecule has 1 amide bonds. The van der Waals surface area contributed by atoms with Gasteiger partial charge in [0.25, 0.3) is 5.91 Å². The van der Waals surface area contributed by atoms with Crippen LogP contribution in [0.3, 0.4) is 0 Å². The van der Waals surface area contributed by atoms with Gasteiger partial charge in [-0.25, -0.2) is 4.98 Å². The zero-order valence-electron chi connectivity index (χ0n) is 12.1. The van der Waals surface area contributed by atoms with Crippen LogP contribution in [-0.2, 0) is 4.74 Å². The van der Waals surface area contributed by atoms with Crippen molar-refractivity contribution in [3.8, 4) is 0 Å². The lowest BCUT2D eigenvalue weighted by atomic mass is 9.95. The minimum Gasteiger partial charge on any atom is -0.379 e. The van der Waals surface area contributed by atoms with E-state index in [1.54, 1.807) is 6.20 Å². The Morgan fingerprint density at radius 1 is 1.45 bits per heavy atom. The van der Waals surface area contributed by atoms with Crippen LogP contribution in [0.4, 0.5) is 0 Å². The Hall–Kier alpha value is -1.53. The molecule has 0 aromatic carbocycles. The van der Waals surface area contributed by atoms with Gasteiger partial charge in [-0.2, -0.15) is 0 Å². The van der Waals surface area contributed by atoms with Gasteiger partial charge in [0, 0.05) is 37.6 Å². The first-order valence-corrected chi connectivity index (χ1v) is 7.03. The van der Waals surface area contributed by atoms with Crippen molar-refractivity contribution in [2.75, 3.05) is 32.8 Å². The van der Waals surface area contributed by atoms with Crippen LogP contribution in [0.5, 0.6) is 0 Å². The van der Waals surface area contributed by atoms with Gasteiger partial charge in [0.2, 0.25) is 0 Å². The Kier molecular flexibility index (Phi) is 5.03. The summed E-state index contributed by atoms with van der Waals surface area (Å²) in [5.74, 6) is -0.175. The smallest absolute Gasteiger partial charge is 0.271 e. The van der Waals surface area contributed by atoms with Crippen molar-refractivity contribution in [1.29, 1.82) is 0 Å². The molecule has 6 nitrogen and oxygen atoms in total. The zero-order chi connectivity index (χ0) is 14.4. The van der Waals surface area contributed by atoms with Crippen LogP contribution in [0.2, 0.25) is 0 Å². The fourth-order valence-electron chi connectivity index (χ4n) is 2.34. The van der Waals surface area contributed by atoms with Crippen LogP contribution in [0.1, 0.15) is 30.8 Å². The summed E-state index contributed by atoms with van der Waals surface area (Å²) in [5.41, 5.74) is 0.301. The number of morpholine rings is 1. The lowest BCUT2D eigenvalue weighted by molar-refractivity contribution is -0.0169. The molecule has 2 heterocycles. The highest BCUT2D eigenvalue weighted by molar-refractivity contribution is 5.91. The van der Waals surface area contributed by atoms with E-state index in [0.29, 0.717) is 12.2 Å². The maximum absolute atomic E-state index is 12.0. The monoisotopic (exact) mass is 278 g/mol. The lowest BCUT2D eigenvalue weighted by Gasteiger charge is -2.43. The molecule has 1 saturated heterocycles. The molecule has 2 rings (SSSR count). The standard InChI is InChI=1S/C14H22N4O2/c1-3-14(2,18-6-8-20-9-7-18)11-17-13(19)12-10-15-4-5-16-12/h4-5,10H,3,6-9,11H2,1-2H3,(H,17,19)/t14-/m0/s1. The number of amides is 1. The van der Waals surface area contributed by atoms with Gasteiger partial charge in [-0.3, -0.25) is 14.7 Å². The van der Waals surface area contributed by atoms with Crippen LogP contribution in [-0.4, -0.2) is 59.2 Å². The second kappa shape index (κ2) is 6.76. The molecule has 6 heteroatoms. The van der Waals surface area contributed by atoms with Crippen molar-refractivity contribution >= 4 is 5.91 Å². The van der Waals surface area contributed by atoms with E-state index in [0.717, 1.165) is 32.7 Å². The Labute approximate surface area is 119 Å². The van der Waals surface area contributed by atoms with Crippen molar-refractivity contribution in [1.82, 2.24) is 20.2 Å². The summed E-state index contributed by atoms with van der Waals surface area (Å²) in [6, 6.07) is 0. The van der Waals surface area contributed by atoms with E-state index in [1.807, 2.05) is 0 Å². The summed E-state index contributed by atoms with van der Waals surface area (Å²) in [6.07, 6.45) is 5.53. The van der Waals surface area contributed by atoms with Crippen molar-refractivity contribution in [3.63, 3.8) is 0 Å². The van der Waals surface area contributed by atoms with E-state index in [4.69, 9.17) is 4.74 Å². The topological polar surface area (TPSA) is 67.4 Å². The van der Waals surface area contributed by atoms with E-state index < -0.39 is 0 Å². The third-order valence-electron chi connectivity index (χ3n) is 3.96. The number of nitrogens with one attached hydrogen (secondary N) is 1. The fourth-order valence-corrected chi connectivity index (χ4v) is 2.34. The summed E-state index contributed by atoms with van der Waals surface area (Å²) in [4.78, 5) is 22.3. The molecule has 0 saturated carbocycles. The summed E-state index contributed by atoms with van der Waals surface area (Å²) in [5, 5.41) is 2.96. The molecule has 0 aliphatic carbocycles. The number of carbonyl (C=O) groups is 1. The molecule has 20 heavy (non-hydrogen) atoms. The van der Waals surface area contributed by atoms with Crippen LogP contribution in [0.25, 0.3) is 0 Å². The second-order valence-corrected chi connectivity index (χ2v) is 5.22. The Balaban J connectivity index is 1.94. The van der Waals surface area contributed by atoms with Gasteiger partial charge in [-0.05, 0) is 13.3 Å². The van der Waals surface area contributed by atoms with Gasteiger partial charge in [0.15, 0.2) is 0 Å². The van der Waals surface area contributed by atoms with Gasteiger partial charge in [-0.15, -0.1) is 0 Å². The SMILES string of the molecule is CC[C@@](C)(CNC(=O)c1cnccn1)N1CCOCC1. The number of hydrogen-bond acceptors (Lipinski definition) is 5. The summed E-state index contributed by atoms with van der Waals surface area (Å²) < 4.78 is 5.39. The molecule has 1 aliphatic heterocycles. The number of ether oxygens (including phenoxy) is 1. The number of aromatic nitrogens is 2. The molecule has 1 N–H and O–H groups in total. The molecule has 1 atom stereocenters. The third-order valence-corrected chi connectivity index (χ3v) is 3.96. The number of hydrogen-bond donors (Lipinski definition) is 1. The minimum atomic E-state index is -0.175. The number of rotatable bonds is 5. The molecule has 0 spiro atoms. The first-order valence-electron chi connectivity index (χ1n) is 7.03. The molecule has 1 fully saturated rings. The van der Waals surface area contributed by atoms with E-state index in [-0.39, 0.29) is 11.4 Å². The van der Waals surface area contributed by atoms with Crippen LogP contribution in [0.15, 0.2) is 18.6 Å². The highest BCUT2D eigenvalue weighted by Crippen LogP contribution is 2.20. The molecular formula is C14H22N4O2. The van der Waals surface area contributed by atoms with Crippen LogP contribution >= 0.6 is 0 Å². The lowest BCUT2D eigenvalue weighted by Crippen LogP contribution is -2.56. The largest absolute Gasteiger partial charge is 0.379 e. The molecule has 1 aromatic heterocycles. The Morgan fingerprint density at radius 3 is 2.80 bits per heavy atom. The molecule has 110 valence electrons. The van der Waals surface area contributed by atoms with Gasteiger partial charge in [0.1, 0.15) is 5.69 Å². The van der Waals surface area contributed by atoms with E-state index in [2.05, 4.69) is 34.0 Å². The molecular weight excluding hydrogens is 256 g/mol. The highest BCUT2D eigenvalue weighted by Gasteiger charge is 2.31. The molecule has 0 radical (unpaired) electrons. The Bertz CT molecular complexity index is 434. The molecule has 1 aliphatic rings. The van der Waals surface area contributed by atoms with Gasteiger partial charge in [0.05, 0.1) is 19.4 Å². The predicted molar refractivity (Wildman–Crippen MR) is 75.5 cm³/mol. The molecule has 0 bridgehead atoms. The van der Waals surface area contributed by atoms with E-state index in [9.17, 15) is 4.79 Å². The third kappa shape index (κ3) is 3.52. The summed E-state index contributed by atoms with van der Waals surface area (Å²) in [6.45, 7) is 8.25. The van der Waals surface area contributed by atoms with E-state index >= 15 is 0 Å². The second-order valence-electron chi connectivity index (χ2n) is 5.22. The maximum atomic E-state index is 12.0. The molecule has 0 unspecified atom stereocenters. The van der Waals surface area contributed by atoms with Gasteiger partial charge in [-0.1, -0.05) is 6.92 Å². The van der Waals surface area contributed by atoms with Crippen LogP contribution < -0.4 is 5.32 Å². The number of carbonyl (C=O) groups excluding carboxylic acids is 1. The first kappa shape index (κ1) is 14.9. The van der Waals surface area contributed by atoms with Gasteiger partial charge < -0.3 is 10.1 Å². The first-order chi connectivity index (χ1) is 9.65. The minimum absolute atomic E-state index is 0.0539. The van der Waals surface area contributed by atoms with Gasteiger partial charge >= 0.3 is 0 Å². The average molecular weight is 278 g/mol. The Morgan fingerprint density at radius 2 is 2.20 bits per heavy atom. The normalized spacial score (nSPS) is 19.3. The summed E-state index contributed by atoms with van der Waals surface area (Å²) >= 11 is 0. The van der Waals surface area contributed by atoms with Crippen molar-refractivity contribution in [3.05, 3.63) is 24.3 Å². The van der Waals surface area contributed by atoms with Crippen molar-refractivity contribution in [2.45, 2.75) is 25.8 Å². The van der Waals surface area contributed by atoms with Crippen molar-refractivity contribution in [2.24, 2.45) is 0 Å². The average Bonchev–Trinajstić information content (AvgIpc) is 2.54.